The molecule has 2 amide bonds. The summed E-state index contributed by atoms with van der Waals surface area (Å²) in [5, 5.41) is 0. The molecule has 1 aliphatic heterocycles. The number of amides is 2. The molecule has 0 bridgehead atoms. The monoisotopic (exact) mass is 312 g/mol. The molecule has 0 radical (unpaired) electrons. The van der Waals surface area contributed by atoms with E-state index in [9.17, 15) is 14.0 Å². The lowest BCUT2D eigenvalue weighted by Gasteiger charge is -2.19. The molecule has 23 heavy (non-hydrogen) atoms. The van der Waals surface area contributed by atoms with Crippen LogP contribution in [0.3, 0.4) is 0 Å². The normalized spacial score (nSPS) is 12.9. The smallest absolute Gasteiger partial charge is 0.258 e. The maximum absolute atomic E-state index is 13.8. The van der Waals surface area contributed by atoms with Gasteiger partial charge in [-0.2, -0.15) is 0 Å². The number of para-hydroxylation sites is 1. The number of halogens is 1. The summed E-state index contributed by atoms with van der Waals surface area (Å²) in [4.78, 5) is 27.2. The Hall–Kier alpha value is -2.69. The van der Waals surface area contributed by atoms with E-state index in [0.717, 1.165) is 17.7 Å². The largest absolute Gasteiger partial charge is 0.312 e. The number of benzene rings is 2. The SMILES string of the molecule is CC(=O)N1CCc2cc(C(=O)N(C)c3ccccc3F)ccc21. The molecule has 0 N–H and O–H groups in total. The Labute approximate surface area is 134 Å². The number of anilines is 2. The lowest BCUT2D eigenvalue weighted by atomic mass is 10.1. The first-order valence-electron chi connectivity index (χ1n) is 7.42. The standard InChI is InChI=1S/C18H17FN2O2/c1-12(22)21-10-9-13-11-14(7-8-16(13)21)18(23)20(2)17-6-4-3-5-15(17)19/h3-8,11H,9-10H2,1-2H3. The molecule has 5 heteroatoms. The van der Waals surface area contributed by atoms with E-state index in [1.54, 1.807) is 48.3 Å². The first-order valence-corrected chi connectivity index (χ1v) is 7.42. The highest BCUT2D eigenvalue weighted by atomic mass is 19.1. The van der Waals surface area contributed by atoms with E-state index in [1.807, 2.05) is 0 Å². The summed E-state index contributed by atoms with van der Waals surface area (Å²) in [6.07, 6.45) is 0.722. The van der Waals surface area contributed by atoms with Crippen LogP contribution >= 0.6 is 0 Å². The average Bonchev–Trinajstić information content (AvgIpc) is 2.97. The minimum atomic E-state index is -0.438. The van der Waals surface area contributed by atoms with Gasteiger partial charge < -0.3 is 9.80 Å². The van der Waals surface area contributed by atoms with E-state index in [1.165, 1.54) is 17.9 Å². The van der Waals surface area contributed by atoms with Crippen LogP contribution in [0.1, 0.15) is 22.8 Å². The van der Waals surface area contributed by atoms with Gasteiger partial charge in [0.1, 0.15) is 5.82 Å². The maximum Gasteiger partial charge on any atom is 0.258 e. The van der Waals surface area contributed by atoms with Crippen molar-refractivity contribution in [3.63, 3.8) is 0 Å². The van der Waals surface area contributed by atoms with Gasteiger partial charge in [0, 0.05) is 31.8 Å². The molecular weight excluding hydrogens is 295 g/mol. The molecular formula is C18H17FN2O2. The summed E-state index contributed by atoms with van der Waals surface area (Å²) in [6.45, 7) is 2.16. The van der Waals surface area contributed by atoms with Gasteiger partial charge in [0.2, 0.25) is 5.91 Å². The van der Waals surface area contributed by atoms with E-state index in [2.05, 4.69) is 0 Å². The number of nitrogens with zero attached hydrogens (tertiary/aromatic N) is 2. The molecule has 0 fully saturated rings. The summed E-state index contributed by atoms with van der Waals surface area (Å²) in [5.41, 5.74) is 2.54. The fourth-order valence-corrected chi connectivity index (χ4v) is 2.89. The Bertz CT molecular complexity index is 788. The summed E-state index contributed by atoms with van der Waals surface area (Å²) < 4.78 is 13.8. The number of hydrogen-bond acceptors (Lipinski definition) is 2. The third-order valence-electron chi connectivity index (χ3n) is 4.12. The predicted octanol–water partition coefficient (Wildman–Crippen LogP) is 3.01. The third kappa shape index (κ3) is 2.70. The zero-order valence-electron chi connectivity index (χ0n) is 13.0. The van der Waals surface area contributed by atoms with E-state index in [4.69, 9.17) is 0 Å². The molecule has 4 nitrogen and oxygen atoms in total. The molecule has 3 rings (SSSR count). The highest BCUT2D eigenvalue weighted by molar-refractivity contribution is 6.06. The fourth-order valence-electron chi connectivity index (χ4n) is 2.89. The Morgan fingerprint density at radius 2 is 1.91 bits per heavy atom. The molecule has 1 heterocycles. The maximum atomic E-state index is 13.8. The van der Waals surface area contributed by atoms with Crippen molar-refractivity contribution in [1.82, 2.24) is 0 Å². The van der Waals surface area contributed by atoms with Crippen LogP contribution in [0.2, 0.25) is 0 Å². The molecule has 2 aromatic rings. The van der Waals surface area contributed by atoms with Gasteiger partial charge in [-0.05, 0) is 42.3 Å². The van der Waals surface area contributed by atoms with E-state index in [-0.39, 0.29) is 17.5 Å². The zero-order chi connectivity index (χ0) is 16.6. The van der Waals surface area contributed by atoms with Crippen LogP contribution in [-0.4, -0.2) is 25.4 Å². The molecule has 0 aromatic heterocycles. The van der Waals surface area contributed by atoms with Gasteiger partial charge >= 0.3 is 0 Å². The lowest BCUT2D eigenvalue weighted by molar-refractivity contribution is -0.116. The van der Waals surface area contributed by atoms with Crippen molar-refractivity contribution in [3.8, 4) is 0 Å². The molecule has 2 aromatic carbocycles. The Kier molecular flexibility index (Phi) is 3.86. The van der Waals surface area contributed by atoms with Crippen molar-refractivity contribution in [2.24, 2.45) is 0 Å². The van der Waals surface area contributed by atoms with Crippen molar-refractivity contribution < 1.29 is 14.0 Å². The second-order valence-electron chi connectivity index (χ2n) is 5.58. The minimum Gasteiger partial charge on any atom is -0.312 e. The summed E-state index contributed by atoms with van der Waals surface area (Å²) >= 11 is 0. The number of hydrogen-bond donors (Lipinski definition) is 0. The number of fused-ring (bicyclic) bond motifs is 1. The molecule has 0 aliphatic carbocycles. The molecule has 0 saturated carbocycles. The van der Waals surface area contributed by atoms with Crippen molar-refractivity contribution in [2.45, 2.75) is 13.3 Å². The fraction of sp³-hybridized carbons (Fsp3) is 0.222. The zero-order valence-corrected chi connectivity index (χ0v) is 13.0. The van der Waals surface area contributed by atoms with Gasteiger partial charge in [-0.1, -0.05) is 12.1 Å². The lowest BCUT2D eigenvalue weighted by Crippen LogP contribution is -2.27. The molecule has 0 spiro atoms. The van der Waals surface area contributed by atoms with Crippen molar-refractivity contribution >= 4 is 23.2 Å². The molecule has 0 saturated heterocycles. The van der Waals surface area contributed by atoms with Gasteiger partial charge in [0.05, 0.1) is 5.69 Å². The third-order valence-corrected chi connectivity index (χ3v) is 4.12. The predicted molar refractivity (Wildman–Crippen MR) is 87.3 cm³/mol. The van der Waals surface area contributed by atoms with Crippen LogP contribution in [0.25, 0.3) is 0 Å². The van der Waals surface area contributed by atoms with Gasteiger partial charge in [-0.25, -0.2) is 4.39 Å². The number of carbonyl (C=O) groups excluding carboxylic acids is 2. The summed E-state index contributed by atoms with van der Waals surface area (Å²) in [7, 11) is 1.55. The minimum absolute atomic E-state index is 0.00805. The van der Waals surface area contributed by atoms with Gasteiger partial charge in [0.25, 0.3) is 5.91 Å². The van der Waals surface area contributed by atoms with E-state index < -0.39 is 5.82 Å². The summed E-state index contributed by atoms with van der Waals surface area (Å²) in [5.74, 6) is -0.724. The van der Waals surface area contributed by atoms with Crippen LogP contribution in [-0.2, 0) is 11.2 Å². The Balaban J connectivity index is 1.90. The van der Waals surface area contributed by atoms with Crippen LogP contribution in [0.5, 0.6) is 0 Å². The first-order chi connectivity index (χ1) is 11.0. The van der Waals surface area contributed by atoms with Crippen molar-refractivity contribution in [2.75, 3.05) is 23.4 Å². The second-order valence-corrected chi connectivity index (χ2v) is 5.58. The Morgan fingerprint density at radius 3 is 2.61 bits per heavy atom. The van der Waals surface area contributed by atoms with Crippen LogP contribution in [0.15, 0.2) is 42.5 Å². The molecule has 1 aliphatic rings. The van der Waals surface area contributed by atoms with Gasteiger partial charge in [-0.15, -0.1) is 0 Å². The second kappa shape index (κ2) is 5.83. The summed E-state index contributed by atoms with van der Waals surface area (Å²) in [6, 6.07) is 11.4. The van der Waals surface area contributed by atoms with Gasteiger partial charge in [0.15, 0.2) is 0 Å². The molecule has 0 atom stereocenters. The average molecular weight is 312 g/mol. The van der Waals surface area contributed by atoms with E-state index >= 15 is 0 Å². The molecule has 118 valence electrons. The highest BCUT2D eigenvalue weighted by Gasteiger charge is 2.24. The molecule has 0 unspecified atom stereocenters. The topological polar surface area (TPSA) is 40.6 Å². The van der Waals surface area contributed by atoms with Crippen molar-refractivity contribution in [1.29, 1.82) is 0 Å². The number of carbonyl (C=O) groups is 2. The number of rotatable bonds is 2. The van der Waals surface area contributed by atoms with Crippen molar-refractivity contribution in [3.05, 3.63) is 59.4 Å². The Morgan fingerprint density at radius 1 is 1.17 bits per heavy atom. The van der Waals surface area contributed by atoms with Crippen LogP contribution in [0.4, 0.5) is 15.8 Å². The van der Waals surface area contributed by atoms with Crippen LogP contribution in [0, 0.1) is 5.82 Å². The quantitative estimate of drug-likeness (QED) is 0.855. The first kappa shape index (κ1) is 15.2. The van der Waals surface area contributed by atoms with Crippen LogP contribution < -0.4 is 9.80 Å². The van der Waals surface area contributed by atoms with Gasteiger partial charge in [-0.3, -0.25) is 9.59 Å². The highest BCUT2D eigenvalue weighted by Crippen LogP contribution is 2.29. The van der Waals surface area contributed by atoms with E-state index in [0.29, 0.717) is 12.1 Å².